The quantitative estimate of drug-likeness (QED) is 0.848. The van der Waals surface area contributed by atoms with Gasteiger partial charge >= 0.3 is 5.51 Å². The highest BCUT2D eigenvalue weighted by atomic mass is 32.2. The smallest absolute Gasteiger partial charge is 0.441 e. The number of alkyl halides is 3. The van der Waals surface area contributed by atoms with E-state index in [1.165, 1.54) is 0 Å². The van der Waals surface area contributed by atoms with E-state index in [9.17, 15) is 18.3 Å². The highest BCUT2D eigenvalue weighted by molar-refractivity contribution is 8.00. The molecule has 0 fully saturated rings. The Labute approximate surface area is 118 Å². The molecule has 0 amide bonds. The maximum atomic E-state index is 12.0. The molecule has 20 heavy (non-hydrogen) atoms. The number of ether oxygens (including phenoxy) is 1. The molecule has 0 radical (unpaired) electrons. The van der Waals surface area contributed by atoms with Crippen LogP contribution >= 0.6 is 11.8 Å². The summed E-state index contributed by atoms with van der Waals surface area (Å²) >= 11 is -0.118. The van der Waals surface area contributed by atoms with Crippen molar-refractivity contribution in [3.05, 3.63) is 42.0 Å². The number of thioether (sulfide) groups is 1. The third-order valence-electron chi connectivity index (χ3n) is 2.76. The van der Waals surface area contributed by atoms with E-state index in [4.69, 9.17) is 4.74 Å². The maximum Gasteiger partial charge on any atom is 0.441 e. The van der Waals surface area contributed by atoms with E-state index in [1.54, 1.807) is 6.07 Å². The molecule has 2 rings (SSSR count). The number of aliphatic hydroxyl groups excluding tert-OH is 1. The SMILES string of the molecule is OCc1c(OCCSC(F)(F)F)ccc2ccccc12. The predicted molar refractivity (Wildman–Crippen MR) is 73.9 cm³/mol. The fourth-order valence-corrected chi connectivity index (χ4v) is 2.32. The van der Waals surface area contributed by atoms with Crippen molar-refractivity contribution in [2.24, 2.45) is 0 Å². The standard InChI is InChI=1S/C14H13F3O2S/c15-14(16,17)20-8-7-19-13-6-5-10-3-1-2-4-11(10)12(13)9-18/h1-6,18H,7-9H2. The minimum absolute atomic E-state index is 0.0600. The molecule has 0 aliphatic rings. The lowest BCUT2D eigenvalue weighted by atomic mass is 10.0. The minimum atomic E-state index is -4.24. The molecule has 0 spiro atoms. The number of fused-ring (bicyclic) bond motifs is 1. The Morgan fingerprint density at radius 1 is 1.10 bits per heavy atom. The van der Waals surface area contributed by atoms with Gasteiger partial charge in [-0.05, 0) is 28.6 Å². The van der Waals surface area contributed by atoms with Crippen LogP contribution in [0.3, 0.4) is 0 Å². The van der Waals surface area contributed by atoms with Gasteiger partial charge in [-0.2, -0.15) is 13.2 Å². The molecule has 0 heterocycles. The van der Waals surface area contributed by atoms with E-state index in [0.29, 0.717) is 11.3 Å². The Balaban J connectivity index is 2.10. The molecule has 0 saturated heterocycles. The minimum Gasteiger partial charge on any atom is -0.492 e. The van der Waals surface area contributed by atoms with Gasteiger partial charge < -0.3 is 9.84 Å². The topological polar surface area (TPSA) is 29.5 Å². The van der Waals surface area contributed by atoms with Crippen molar-refractivity contribution in [2.75, 3.05) is 12.4 Å². The van der Waals surface area contributed by atoms with E-state index in [2.05, 4.69) is 0 Å². The molecule has 0 saturated carbocycles. The summed E-state index contributed by atoms with van der Waals surface area (Å²) in [6.07, 6.45) is 0. The predicted octanol–water partition coefficient (Wildman–Crippen LogP) is 3.96. The zero-order chi connectivity index (χ0) is 14.6. The van der Waals surface area contributed by atoms with E-state index < -0.39 is 5.51 Å². The van der Waals surface area contributed by atoms with Crippen molar-refractivity contribution in [3.8, 4) is 5.75 Å². The van der Waals surface area contributed by atoms with Gasteiger partial charge in [-0.15, -0.1) is 0 Å². The first-order valence-corrected chi connectivity index (χ1v) is 6.95. The molecule has 0 atom stereocenters. The lowest BCUT2D eigenvalue weighted by molar-refractivity contribution is -0.0329. The normalized spacial score (nSPS) is 11.8. The van der Waals surface area contributed by atoms with Crippen LogP contribution < -0.4 is 4.74 Å². The van der Waals surface area contributed by atoms with E-state index in [1.807, 2.05) is 30.3 Å². The third-order valence-corrected chi connectivity index (χ3v) is 3.46. The summed E-state index contributed by atoms with van der Waals surface area (Å²) in [6, 6.07) is 11.0. The van der Waals surface area contributed by atoms with Gasteiger partial charge in [0.1, 0.15) is 5.75 Å². The Morgan fingerprint density at radius 3 is 2.55 bits per heavy atom. The third kappa shape index (κ3) is 3.80. The summed E-state index contributed by atoms with van der Waals surface area (Å²) in [6.45, 7) is -0.279. The molecule has 6 heteroatoms. The zero-order valence-electron chi connectivity index (χ0n) is 10.5. The molecule has 108 valence electrons. The molecular weight excluding hydrogens is 289 g/mol. The first-order valence-electron chi connectivity index (χ1n) is 5.96. The molecule has 2 nitrogen and oxygen atoms in total. The van der Waals surface area contributed by atoms with Gasteiger partial charge in [0.25, 0.3) is 0 Å². The van der Waals surface area contributed by atoms with Crippen molar-refractivity contribution in [3.63, 3.8) is 0 Å². The maximum absolute atomic E-state index is 12.0. The number of hydrogen-bond donors (Lipinski definition) is 1. The summed E-state index contributed by atoms with van der Waals surface area (Å²) in [5.74, 6) is 0.246. The summed E-state index contributed by atoms with van der Waals surface area (Å²) in [4.78, 5) is 0. The summed E-state index contributed by atoms with van der Waals surface area (Å²) in [7, 11) is 0. The Morgan fingerprint density at radius 2 is 1.85 bits per heavy atom. The highest BCUT2D eigenvalue weighted by Gasteiger charge is 2.27. The second kappa shape index (κ2) is 6.37. The van der Waals surface area contributed by atoms with Crippen LogP contribution in [-0.2, 0) is 6.61 Å². The van der Waals surface area contributed by atoms with Crippen molar-refractivity contribution in [1.82, 2.24) is 0 Å². The van der Waals surface area contributed by atoms with Gasteiger partial charge in [-0.3, -0.25) is 0 Å². The molecular formula is C14H13F3O2S. The number of benzene rings is 2. The number of hydrogen-bond acceptors (Lipinski definition) is 3. The monoisotopic (exact) mass is 302 g/mol. The summed E-state index contributed by atoms with van der Waals surface area (Å²) in [5, 5.41) is 11.2. The second-order valence-corrected chi connectivity index (χ2v) is 5.22. The van der Waals surface area contributed by atoms with Gasteiger partial charge in [0.2, 0.25) is 0 Å². The van der Waals surface area contributed by atoms with E-state index in [-0.39, 0.29) is 30.7 Å². The molecule has 0 aliphatic carbocycles. The molecule has 0 aromatic heterocycles. The zero-order valence-corrected chi connectivity index (χ0v) is 11.3. The van der Waals surface area contributed by atoms with Gasteiger partial charge in [-0.25, -0.2) is 0 Å². The van der Waals surface area contributed by atoms with Crippen LogP contribution in [-0.4, -0.2) is 23.0 Å². The van der Waals surface area contributed by atoms with E-state index in [0.717, 1.165) is 10.8 Å². The van der Waals surface area contributed by atoms with Crippen molar-refractivity contribution < 1.29 is 23.0 Å². The van der Waals surface area contributed by atoms with E-state index >= 15 is 0 Å². The highest BCUT2D eigenvalue weighted by Crippen LogP contribution is 2.31. The largest absolute Gasteiger partial charge is 0.492 e. The van der Waals surface area contributed by atoms with Crippen LogP contribution in [0.2, 0.25) is 0 Å². The fraction of sp³-hybridized carbons (Fsp3) is 0.286. The number of halogens is 3. The average molecular weight is 302 g/mol. The van der Waals surface area contributed by atoms with Crippen LogP contribution in [0.5, 0.6) is 5.75 Å². The molecule has 2 aromatic rings. The first kappa shape index (κ1) is 15.0. The van der Waals surface area contributed by atoms with Crippen LogP contribution in [0, 0.1) is 0 Å². The Hall–Kier alpha value is -1.40. The summed E-state index contributed by atoms with van der Waals surface area (Å²) in [5.41, 5.74) is -3.65. The average Bonchev–Trinajstić information content (AvgIpc) is 2.42. The second-order valence-electron chi connectivity index (χ2n) is 4.06. The number of rotatable bonds is 5. The molecule has 2 aromatic carbocycles. The van der Waals surface area contributed by atoms with Crippen LogP contribution in [0.1, 0.15) is 5.56 Å². The van der Waals surface area contributed by atoms with Gasteiger partial charge in [0, 0.05) is 11.3 Å². The van der Waals surface area contributed by atoms with Gasteiger partial charge in [0.05, 0.1) is 13.2 Å². The van der Waals surface area contributed by atoms with Crippen molar-refractivity contribution in [2.45, 2.75) is 12.1 Å². The molecule has 0 unspecified atom stereocenters. The van der Waals surface area contributed by atoms with Crippen LogP contribution in [0.15, 0.2) is 36.4 Å². The van der Waals surface area contributed by atoms with Gasteiger partial charge in [0.15, 0.2) is 0 Å². The Bertz CT molecular complexity index is 584. The van der Waals surface area contributed by atoms with Crippen molar-refractivity contribution >= 4 is 22.5 Å². The van der Waals surface area contributed by atoms with Crippen LogP contribution in [0.4, 0.5) is 13.2 Å². The Kier molecular flexibility index (Phi) is 4.77. The number of aliphatic hydroxyl groups is 1. The molecule has 0 bridgehead atoms. The summed E-state index contributed by atoms with van der Waals surface area (Å²) < 4.78 is 41.4. The molecule has 0 aliphatic heterocycles. The lowest BCUT2D eigenvalue weighted by Crippen LogP contribution is -2.08. The molecule has 1 N–H and O–H groups in total. The van der Waals surface area contributed by atoms with Crippen molar-refractivity contribution in [1.29, 1.82) is 0 Å². The lowest BCUT2D eigenvalue weighted by Gasteiger charge is -2.13. The first-order chi connectivity index (χ1) is 9.51. The van der Waals surface area contributed by atoms with Gasteiger partial charge in [-0.1, -0.05) is 30.3 Å². The fourth-order valence-electron chi connectivity index (χ4n) is 1.92. The van der Waals surface area contributed by atoms with Crippen LogP contribution in [0.25, 0.3) is 10.8 Å².